The van der Waals surface area contributed by atoms with E-state index in [2.05, 4.69) is 18.2 Å². The Morgan fingerprint density at radius 3 is 2.62 bits per heavy atom. The van der Waals surface area contributed by atoms with Gasteiger partial charge in [0.1, 0.15) is 5.84 Å². The first-order valence-corrected chi connectivity index (χ1v) is 11.0. The summed E-state index contributed by atoms with van der Waals surface area (Å²) in [5.41, 5.74) is 15.3. The maximum atomic E-state index is 7.66. The molecule has 3 aromatic rings. The Kier molecular flexibility index (Phi) is 5.87. The van der Waals surface area contributed by atoms with Crippen LogP contribution in [0.5, 0.6) is 0 Å². The molecule has 0 fully saturated rings. The third-order valence-electron chi connectivity index (χ3n) is 3.78. The maximum absolute atomic E-state index is 7.66. The molecule has 7 heteroatoms. The largest absolute Gasteiger partial charge is 0.399 e. The number of hydrogen-bond donors (Lipinski definition) is 3. The molecule has 0 saturated heterocycles. The average Bonchev–Trinajstić information content (AvgIpc) is 2.97. The Bertz CT molecular complexity index is 959. The van der Waals surface area contributed by atoms with Crippen LogP contribution in [0.3, 0.4) is 0 Å². The fourth-order valence-corrected chi connectivity index (χ4v) is 6.12. The molecule has 0 aliphatic rings. The van der Waals surface area contributed by atoms with Crippen molar-refractivity contribution in [1.82, 2.24) is 0 Å². The van der Waals surface area contributed by atoms with Crippen LogP contribution >= 0.6 is 46.5 Å². The number of nitrogens with one attached hydrogen (secondary N) is 1. The molecular formula is C19H18ClN3S3. The summed E-state index contributed by atoms with van der Waals surface area (Å²) in [6.07, 6.45) is 2.04. The minimum absolute atomic E-state index is 0.107. The summed E-state index contributed by atoms with van der Waals surface area (Å²) in [7, 11) is 0. The second-order valence-electron chi connectivity index (χ2n) is 5.70. The Morgan fingerprint density at radius 1 is 1.19 bits per heavy atom. The first-order chi connectivity index (χ1) is 12.4. The van der Waals surface area contributed by atoms with Crippen LogP contribution < -0.4 is 11.5 Å². The van der Waals surface area contributed by atoms with Crippen molar-refractivity contribution in [2.75, 3.05) is 12.0 Å². The van der Waals surface area contributed by atoms with Gasteiger partial charge in [-0.1, -0.05) is 35.5 Å². The van der Waals surface area contributed by atoms with E-state index < -0.39 is 0 Å². The molecule has 0 spiro atoms. The van der Waals surface area contributed by atoms with Gasteiger partial charge in [-0.15, -0.1) is 23.1 Å². The fourth-order valence-electron chi connectivity index (χ4n) is 2.68. The van der Waals surface area contributed by atoms with Crippen molar-refractivity contribution in [3.8, 4) is 11.1 Å². The molecule has 2 aromatic carbocycles. The molecule has 0 aliphatic carbocycles. The number of benzene rings is 2. The number of amidine groups is 1. The molecule has 0 radical (unpaired) electrons. The Hall–Kier alpha value is -1.60. The highest BCUT2D eigenvalue weighted by Crippen LogP contribution is 2.42. The van der Waals surface area contributed by atoms with Crippen molar-refractivity contribution in [2.24, 2.45) is 5.73 Å². The van der Waals surface area contributed by atoms with Crippen molar-refractivity contribution in [2.45, 2.75) is 20.9 Å². The van der Waals surface area contributed by atoms with Crippen LogP contribution in [-0.2, 0) is 0 Å². The number of anilines is 1. The normalized spacial score (nSPS) is 10.9. The number of halogens is 1. The number of thiophene rings is 1. The molecule has 5 N–H and O–H groups in total. The van der Waals surface area contributed by atoms with E-state index in [4.69, 9.17) is 28.5 Å². The monoisotopic (exact) mass is 419 g/mol. The van der Waals surface area contributed by atoms with Gasteiger partial charge in [0, 0.05) is 21.0 Å². The number of thioether (sulfide) groups is 1. The van der Waals surface area contributed by atoms with Gasteiger partial charge in [-0.3, -0.25) is 5.41 Å². The summed E-state index contributed by atoms with van der Waals surface area (Å²) in [5, 5.41) is 8.31. The molecule has 1 heterocycles. The highest BCUT2D eigenvalue weighted by atomic mass is 35.5. The van der Waals surface area contributed by atoms with Gasteiger partial charge in [0.05, 0.1) is 14.1 Å². The van der Waals surface area contributed by atoms with Crippen LogP contribution in [-0.4, -0.2) is 12.1 Å². The van der Waals surface area contributed by atoms with Crippen molar-refractivity contribution >= 4 is 58.0 Å². The minimum atomic E-state index is 0.107. The van der Waals surface area contributed by atoms with Gasteiger partial charge >= 0.3 is 0 Å². The first-order valence-electron chi connectivity index (χ1n) is 7.75. The van der Waals surface area contributed by atoms with Crippen LogP contribution in [0, 0.1) is 12.3 Å². The Morgan fingerprint density at radius 2 is 1.96 bits per heavy atom. The molecule has 26 heavy (non-hydrogen) atoms. The zero-order chi connectivity index (χ0) is 18.8. The Balaban J connectivity index is 1.98. The zero-order valence-corrected chi connectivity index (χ0v) is 17.5. The van der Waals surface area contributed by atoms with Crippen LogP contribution in [0.25, 0.3) is 11.1 Å². The molecular weight excluding hydrogens is 402 g/mol. The van der Waals surface area contributed by atoms with E-state index in [1.807, 2.05) is 31.4 Å². The molecule has 3 nitrogen and oxygen atoms in total. The number of nitrogens with two attached hydrogens (primary N) is 2. The number of hydrogen-bond acceptors (Lipinski definition) is 5. The summed E-state index contributed by atoms with van der Waals surface area (Å²) in [5.74, 6) is 0.107. The molecule has 0 amide bonds. The summed E-state index contributed by atoms with van der Waals surface area (Å²) >= 11 is 11.3. The number of rotatable bonds is 5. The molecule has 0 saturated carbocycles. The third-order valence-corrected chi connectivity index (χ3v) is 7.67. The van der Waals surface area contributed by atoms with E-state index in [1.54, 1.807) is 40.9 Å². The second kappa shape index (κ2) is 7.96. The van der Waals surface area contributed by atoms with Crippen LogP contribution in [0.4, 0.5) is 5.69 Å². The van der Waals surface area contributed by atoms with Gasteiger partial charge in [0.2, 0.25) is 0 Å². The van der Waals surface area contributed by atoms with Crippen molar-refractivity contribution < 1.29 is 0 Å². The Labute approximate surface area is 170 Å². The van der Waals surface area contributed by atoms with Crippen LogP contribution in [0.2, 0.25) is 5.02 Å². The van der Waals surface area contributed by atoms with Crippen LogP contribution in [0.1, 0.15) is 10.4 Å². The fraction of sp³-hybridized carbons (Fsp3) is 0.105. The lowest BCUT2D eigenvalue weighted by Crippen LogP contribution is -2.08. The highest BCUT2D eigenvalue weighted by Gasteiger charge is 2.13. The van der Waals surface area contributed by atoms with Gasteiger partial charge in [-0.05, 0) is 54.6 Å². The minimum Gasteiger partial charge on any atom is -0.399 e. The molecule has 3 rings (SSSR count). The smallest absolute Gasteiger partial charge is 0.133 e. The molecule has 0 aliphatic heterocycles. The lowest BCUT2D eigenvalue weighted by Gasteiger charge is -2.11. The SMILES string of the molecule is CSc1sc(C(=N)N)cc1Sc1cccc(-c2c(C)cc(N)cc2Cl)c1. The van der Waals surface area contributed by atoms with Gasteiger partial charge in [-0.2, -0.15) is 0 Å². The van der Waals surface area contributed by atoms with Gasteiger partial charge in [0.25, 0.3) is 0 Å². The molecule has 134 valence electrons. The van der Waals surface area contributed by atoms with E-state index in [-0.39, 0.29) is 5.84 Å². The van der Waals surface area contributed by atoms with E-state index >= 15 is 0 Å². The molecule has 1 aromatic heterocycles. The predicted molar refractivity (Wildman–Crippen MR) is 117 cm³/mol. The summed E-state index contributed by atoms with van der Waals surface area (Å²) in [6.45, 7) is 2.02. The standard InChI is InChI=1S/C19H18ClN3S3/c1-10-6-12(21)8-14(20)17(10)11-4-3-5-13(7-11)25-16-9-15(18(22)23)26-19(16)24-2/h3-9H,21H2,1-2H3,(H3,22,23). The van der Waals surface area contributed by atoms with Crippen molar-refractivity contribution in [3.05, 3.63) is 57.9 Å². The molecule has 0 atom stereocenters. The highest BCUT2D eigenvalue weighted by molar-refractivity contribution is 8.03. The van der Waals surface area contributed by atoms with E-state index in [1.165, 1.54) is 0 Å². The summed E-state index contributed by atoms with van der Waals surface area (Å²) in [4.78, 5) is 3.02. The zero-order valence-electron chi connectivity index (χ0n) is 14.3. The van der Waals surface area contributed by atoms with E-state index in [9.17, 15) is 0 Å². The average molecular weight is 420 g/mol. The van der Waals surface area contributed by atoms with Crippen molar-refractivity contribution in [1.29, 1.82) is 5.41 Å². The summed E-state index contributed by atoms with van der Waals surface area (Å²) < 4.78 is 1.16. The number of nitrogen functional groups attached to an aromatic ring is 2. The lowest BCUT2D eigenvalue weighted by molar-refractivity contribution is 1.35. The summed E-state index contributed by atoms with van der Waals surface area (Å²) in [6, 6.07) is 14.0. The quantitative estimate of drug-likeness (QED) is 0.201. The maximum Gasteiger partial charge on any atom is 0.133 e. The topological polar surface area (TPSA) is 75.9 Å². The molecule has 0 unspecified atom stereocenters. The van der Waals surface area contributed by atoms with E-state index in [0.29, 0.717) is 10.7 Å². The van der Waals surface area contributed by atoms with Gasteiger partial charge in [-0.25, -0.2) is 0 Å². The lowest BCUT2D eigenvalue weighted by atomic mass is 10.00. The number of aryl methyl sites for hydroxylation is 1. The van der Waals surface area contributed by atoms with Gasteiger partial charge < -0.3 is 11.5 Å². The van der Waals surface area contributed by atoms with E-state index in [0.717, 1.165) is 35.6 Å². The molecule has 0 bridgehead atoms. The van der Waals surface area contributed by atoms with Crippen LogP contribution in [0.15, 0.2) is 56.5 Å². The van der Waals surface area contributed by atoms with Gasteiger partial charge in [0.15, 0.2) is 0 Å². The second-order valence-corrected chi connectivity index (χ2v) is 9.35. The third kappa shape index (κ3) is 4.04. The van der Waals surface area contributed by atoms with Crippen molar-refractivity contribution in [3.63, 3.8) is 0 Å². The first kappa shape index (κ1) is 19.2. The predicted octanol–water partition coefficient (Wildman–Crippen LogP) is 6.12.